The fourth-order valence-electron chi connectivity index (χ4n) is 4.13. The van der Waals surface area contributed by atoms with Crippen molar-refractivity contribution in [1.29, 1.82) is 0 Å². The smallest absolute Gasteiger partial charge is 0.264 e. The normalized spacial score (nSPS) is 12.2. The van der Waals surface area contributed by atoms with E-state index >= 15 is 0 Å². The van der Waals surface area contributed by atoms with E-state index in [0.717, 1.165) is 15.4 Å². The van der Waals surface area contributed by atoms with Gasteiger partial charge in [-0.3, -0.25) is 13.9 Å². The molecule has 0 saturated heterocycles. The zero-order chi connectivity index (χ0) is 29.6. The number of nitrogens with one attached hydrogen (secondary N) is 1. The number of likely N-dealkylation sites (N-methyl/N-ethyl adjacent to an activating group) is 1. The minimum absolute atomic E-state index is 0.0160. The van der Waals surface area contributed by atoms with Crippen LogP contribution in [-0.4, -0.2) is 44.3 Å². The number of rotatable bonds is 11. The maximum Gasteiger partial charge on any atom is 0.264 e. The summed E-state index contributed by atoms with van der Waals surface area (Å²) in [6.45, 7) is 9.17. The molecule has 0 aliphatic rings. The van der Waals surface area contributed by atoms with E-state index in [-0.39, 0.29) is 23.3 Å². The van der Waals surface area contributed by atoms with Crippen LogP contribution in [0.1, 0.15) is 50.3 Å². The Balaban J connectivity index is 2.06. The van der Waals surface area contributed by atoms with Crippen LogP contribution in [0.5, 0.6) is 0 Å². The van der Waals surface area contributed by atoms with E-state index in [9.17, 15) is 18.0 Å². The summed E-state index contributed by atoms with van der Waals surface area (Å²) < 4.78 is 28.9. The molecular formula is C30H35Cl2N3O4S. The Bertz CT molecular complexity index is 1440. The van der Waals surface area contributed by atoms with E-state index in [2.05, 4.69) is 5.32 Å². The summed E-state index contributed by atoms with van der Waals surface area (Å²) >= 11 is 12.5. The number of sulfonamides is 1. The van der Waals surface area contributed by atoms with Gasteiger partial charge >= 0.3 is 0 Å². The minimum Gasteiger partial charge on any atom is -0.355 e. The lowest BCUT2D eigenvalue weighted by atomic mass is 10.0. The average Bonchev–Trinajstić information content (AvgIpc) is 2.91. The molecule has 0 fully saturated rings. The summed E-state index contributed by atoms with van der Waals surface area (Å²) in [5, 5.41) is 3.50. The molecule has 3 aromatic carbocycles. The van der Waals surface area contributed by atoms with Gasteiger partial charge in [0, 0.05) is 23.1 Å². The molecule has 0 spiro atoms. The standard InChI is InChI=1S/C30H35Cl2N3O4S/c1-6-33-30(37)22(5)34(18-24-9-12-25(31)17-28(24)32)29(36)19-35(26-13-10-23(11-14-26)20(2)3)40(38,39)27-15-7-21(4)8-16-27/h7-17,20,22H,6,18-19H2,1-5H3,(H,33,37)/t22-/m0/s1. The lowest BCUT2D eigenvalue weighted by molar-refractivity contribution is -0.139. The molecule has 0 bridgehead atoms. The Morgan fingerprint density at radius 1 is 0.925 bits per heavy atom. The van der Waals surface area contributed by atoms with E-state index in [4.69, 9.17) is 23.2 Å². The lowest BCUT2D eigenvalue weighted by Gasteiger charge is -2.32. The molecule has 0 radical (unpaired) electrons. The molecule has 0 heterocycles. The predicted molar refractivity (Wildman–Crippen MR) is 161 cm³/mol. The molecule has 0 aliphatic heterocycles. The lowest BCUT2D eigenvalue weighted by Crippen LogP contribution is -2.51. The molecule has 0 aliphatic carbocycles. The summed E-state index contributed by atoms with van der Waals surface area (Å²) in [5.74, 6) is -0.682. The first kappa shape index (κ1) is 31.5. The van der Waals surface area contributed by atoms with Crippen LogP contribution in [0.25, 0.3) is 0 Å². The number of halogens is 2. The van der Waals surface area contributed by atoms with Gasteiger partial charge in [0.15, 0.2) is 0 Å². The van der Waals surface area contributed by atoms with Gasteiger partial charge in [-0.15, -0.1) is 0 Å². The third kappa shape index (κ3) is 7.56. The number of nitrogens with zero attached hydrogens (tertiary/aromatic N) is 2. The molecule has 214 valence electrons. The molecule has 3 aromatic rings. The first-order valence-corrected chi connectivity index (χ1v) is 15.2. The van der Waals surface area contributed by atoms with Crippen LogP contribution in [0.2, 0.25) is 10.0 Å². The second-order valence-corrected chi connectivity index (χ2v) is 12.6. The van der Waals surface area contributed by atoms with Gasteiger partial charge in [-0.05, 0) is 74.2 Å². The average molecular weight is 605 g/mol. The van der Waals surface area contributed by atoms with Crippen molar-refractivity contribution in [1.82, 2.24) is 10.2 Å². The third-order valence-electron chi connectivity index (χ3n) is 6.61. The molecule has 1 N–H and O–H groups in total. The molecular weight excluding hydrogens is 569 g/mol. The Labute approximate surface area is 247 Å². The maximum atomic E-state index is 13.9. The number of hydrogen-bond acceptors (Lipinski definition) is 4. The highest BCUT2D eigenvalue weighted by Crippen LogP contribution is 2.28. The van der Waals surface area contributed by atoms with E-state index in [1.165, 1.54) is 17.0 Å². The second kappa shape index (κ2) is 13.5. The van der Waals surface area contributed by atoms with Crippen molar-refractivity contribution >= 4 is 50.7 Å². The van der Waals surface area contributed by atoms with Crippen LogP contribution < -0.4 is 9.62 Å². The number of carbonyl (C=O) groups is 2. The highest BCUT2D eigenvalue weighted by Gasteiger charge is 2.32. The van der Waals surface area contributed by atoms with Crippen LogP contribution in [0.15, 0.2) is 71.6 Å². The monoisotopic (exact) mass is 603 g/mol. The molecule has 0 aromatic heterocycles. The number of carbonyl (C=O) groups excluding carboxylic acids is 2. The van der Waals surface area contributed by atoms with E-state index < -0.39 is 28.5 Å². The number of hydrogen-bond donors (Lipinski definition) is 1. The van der Waals surface area contributed by atoms with Crippen molar-refractivity contribution in [2.45, 2.75) is 58.0 Å². The summed E-state index contributed by atoms with van der Waals surface area (Å²) in [6, 6.07) is 17.5. The summed E-state index contributed by atoms with van der Waals surface area (Å²) in [5.41, 5.74) is 2.86. The van der Waals surface area contributed by atoms with Crippen LogP contribution in [-0.2, 0) is 26.2 Å². The summed E-state index contributed by atoms with van der Waals surface area (Å²) in [4.78, 5) is 28.2. The molecule has 2 amide bonds. The van der Waals surface area contributed by atoms with Crippen molar-refractivity contribution in [2.24, 2.45) is 0 Å². The fraction of sp³-hybridized carbons (Fsp3) is 0.333. The first-order valence-electron chi connectivity index (χ1n) is 13.1. The minimum atomic E-state index is -4.13. The van der Waals surface area contributed by atoms with E-state index in [1.54, 1.807) is 56.3 Å². The SMILES string of the molecule is CCNC(=O)[C@H](C)N(Cc1ccc(Cl)cc1Cl)C(=O)CN(c1ccc(C(C)C)cc1)S(=O)(=O)c1ccc(C)cc1. The Kier molecular flexibility index (Phi) is 10.6. The Morgan fingerprint density at radius 3 is 2.10 bits per heavy atom. The Morgan fingerprint density at radius 2 is 1.55 bits per heavy atom. The number of amides is 2. The van der Waals surface area contributed by atoms with Crippen LogP contribution in [0, 0.1) is 6.92 Å². The van der Waals surface area contributed by atoms with Crippen molar-refractivity contribution < 1.29 is 18.0 Å². The van der Waals surface area contributed by atoms with Crippen molar-refractivity contribution in [3.05, 3.63) is 93.5 Å². The number of aryl methyl sites for hydroxylation is 1. The summed E-state index contributed by atoms with van der Waals surface area (Å²) in [7, 11) is -4.13. The number of anilines is 1. The summed E-state index contributed by atoms with van der Waals surface area (Å²) in [6.07, 6.45) is 0. The fourth-order valence-corrected chi connectivity index (χ4v) is 6.01. The molecule has 40 heavy (non-hydrogen) atoms. The van der Waals surface area contributed by atoms with E-state index in [1.807, 2.05) is 32.9 Å². The van der Waals surface area contributed by atoms with Gasteiger partial charge < -0.3 is 10.2 Å². The Hall–Kier alpha value is -3.07. The zero-order valence-electron chi connectivity index (χ0n) is 23.3. The van der Waals surface area contributed by atoms with Crippen molar-refractivity contribution in [3.63, 3.8) is 0 Å². The molecule has 3 rings (SSSR count). The van der Waals surface area contributed by atoms with Gasteiger partial charge in [0.25, 0.3) is 10.0 Å². The van der Waals surface area contributed by atoms with Gasteiger partial charge in [0.2, 0.25) is 11.8 Å². The maximum absolute atomic E-state index is 13.9. The van der Waals surface area contributed by atoms with Crippen LogP contribution in [0.4, 0.5) is 5.69 Å². The molecule has 7 nitrogen and oxygen atoms in total. The predicted octanol–water partition coefficient (Wildman–Crippen LogP) is 6.17. The largest absolute Gasteiger partial charge is 0.355 e. The molecule has 1 atom stereocenters. The molecule has 10 heteroatoms. The highest BCUT2D eigenvalue weighted by atomic mass is 35.5. The van der Waals surface area contributed by atoms with Crippen molar-refractivity contribution in [2.75, 3.05) is 17.4 Å². The van der Waals surface area contributed by atoms with E-state index in [0.29, 0.717) is 27.8 Å². The van der Waals surface area contributed by atoms with Crippen LogP contribution in [0.3, 0.4) is 0 Å². The topological polar surface area (TPSA) is 86.8 Å². The zero-order valence-corrected chi connectivity index (χ0v) is 25.6. The van der Waals surface area contributed by atoms with Crippen molar-refractivity contribution in [3.8, 4) is 0 Å². The highest BCUT2D eigenvalue weighted by molar-refractivity contribution is 7.92. The van der Waals surface area contributed by atoms with Gasteiger partial charge in [0.1, 0.15) is 12.6 Å². The van der Waals surface area contributed by atoms with Gasteiger partial charge in [-0.1, -0.05) is 72.9 Å². The van der Waals surface area contributed by atoms with Gasteiger partial charge in [0.05, 0.1) is 10.6 Å². The quantitative estimate of drug-likeness (QED) is 0.284. The third-order valence-corrected chi connectivity index (χ3v) is 8.98. The number of benzene rings is 3. The van der Waals surface area contributed by atoms with Crippen LogP contribution >= 0.6 is 23.2 Å². The van der Waals surface area contributed by atoms with Gasteiger partial charge in [-0.25, -0.2) is 8.42 Å². The molecule has 0 saturated carbocycles. The second-order valence-electron chi connectivity index (χ2n) is 9.90. The molecule has 0 unspecified atom stereocenters. The first-order chi connectivity index (χ1) is 18.8. The van der Waals surface area contributed by atoms with Gasteiger partial charge in [-0.2, -0.15) is 0 Å².